The summed E-state index contributed by atoms with van der Waals surface area (Å²) >= 11 is 1.81. The van der Waals surface area contributed by atoms with Crippen LogP contribution >= 0.6 is 11.8 Å². The van der Waals surface area contributed by atoms with E-state index in [2.05, 4.69) is 12.2 Å². The highest BCUT2D eigenvalue weighted by Gasteiger charge is 2.20. The number of para-hydroxylation sites is 2. The fraction of sp³-hybridized carbons (Fsp3) is 0.533. The molecule has 0 fully saturated rings. The third-order valence-corrected chi connectivity index (χ3v) is 3.70. The predicted molar refractivity (Wildman–Crippen MR) is 84.7 cm³/mol. The summed E-state index contributed by atoms with van der Waals surface area (Å²) in [6, 6.07) is 7.23. The van der Waals surface area contributed by atoms with Crippen molar-refractivity contribution >= 4 is 23.4 Å². The number of carbonyl (C=O) groups is 1. The first-order valence-corrected chi connectivity index (χ1v) is 8.02. The molecule has 0 aromatic heterocycles. The highest BCUT2D eigenvalue weighted by Crippen LogP contribution is 2.24. The fourth-order valence-corrected chi connectivity index (χ4v) is 2.48. The Hall–Kier alpha value is -1.36. The number of esters is 1. The van der Waals surface area contributed by atoms with Crippen LogP contribution in [0.2, 0.25) is 0 Å². The maximum atomic E-state index is 12.0. The molecule has 0 heterocycles. The van der Waals surface area contributed by atoms with E-state index >= 15 is 0 Å². The standard InChI is InChI=1S/C15H23NO3S/c1-4-19-15(17)13(10-11-20-5-2)16-12-8-6-7-9-14(12)18-3/h6-9,13,16H,4-5,10-11H2,1-3H3. The van der Waals surface area contributed by atoms with E-state index in [1.54, 1.807) is 7.11 Å². The lowest BCUT2D eigenvalue weighted by molar-refractivity contribution is -0.144. The van der Waals surface area contributed by atoms with Crippen LogP contribution in [-0.2, 0) is 9.53 Å². The molecule has 1 N–H and O–H groups in total. The number of ether oxygens (including phenoxy) is 2. The van der Waals surface area contributed by atoms with E-state index in [4.69, 9.17) is 9.47 Å². The maximum absolute atomic E-state index is 12.0. The Morgan fingerprint density at radius 3 is 2.75 bits per heavy atom. The van der Waals surface area contributed by atoms with Gasteiger partial charge < -0.3 is 14.8 Å². The lowest BCUT2D eigenvalue weighted by Crippen LogP contribution is -2.32. The molecule has 0 bridgehead atoms. The second-order valence-corrected chi connectivity index (χ2v) is 5.53. The zero-order valence-corrected chi connectivity index (χ0v) is 13.2. The number of hydrogen-bond donors (Lipinski definition) is 1. The topological polar surface area (TPSA) is 47.6 Å². The van der Waals surface area contributed by atoms with Crippen molar-refractivity contribution in [1.29, 1.82) is 0 Å². The summed E-state index contributed by atoms with van der Waals surface area (Å²) < 4.78 is 10.4. The number of hydrogen-bond acceptors (Lipinski definition) is 5. The molecule has 1 unspecified atom stereocenters. The van der Waals surface area contributed by atoms with Crippen LogP contribution in [0.1, 0.15) is 20.3 Å². The largest absolute Gasteiger partial charge is 0.495 e. The van der Waals surface area contributed by atoms with Crippen LogP contribution in [0.3, 0.4) is 0 Å². The van der Waals surface area contributed by atoms with Gasteiger partial charge >= 0.3 is 5.97 Å². The number of thioether (sulfide) groups is 1. The zero-order chi connectivity index (χ0) is 14.8. The van der Waals surface area contributed by atoms with Crippen LogP contribution in [-0.4, -0.2) is 37.2 Å². The highest BCUT2D eigenvalue weighted by atomic mass is 32.2. The predicted octanol–water partition coefficient (Wildman–Crippen LogP) is 3.18. The number of methoxy groups -OCH3 is 1. The second kappa shape index (κ2) is 9.53. The molecule has 5 heteroatoms. The SMILES string of the molecule is CCOC(=O)C(CCSCC)Nc1ccccc1OC. The molecule has 0 amide bonds. The van der Waals surface area contributed by atoms with Crippen LogP contribution in [0.5, 0.6) is 5.75 Å². The Morgan fingerprint density at radius 2 is 2.10 bits per heavy atom. The molecular weight excluding hydrogens is 274 g/mol. The van der Waals surface area contributed by atoms with Gasteiger partial charge in [-0.15, -0.1) is 0 Å². The van der Waals surface area contributed by atoms with Crippen molar-refractivity contribution in [3.8, 4) is 5.75 Å². The third kappa shape index (κ3) is 5.33. The minimum atomic E-state index is -0.342. The molecule has 1 aromatic carbocycles. The summed E-state index contributed by atoms with van der Waals surface area (Å²) in [6.07, 6.45) is 0.732. The van der Waals surface area contributed by atoms with E-state index in [9.17, 15) is 4.79 Å². The van der Waals surface area contributed by atoms with Gasteiger partial charge in [-0.2, -0.15) is 11.8 Å². The molecule has 1 rings (SSSR count). The molecule has 1 atom stereocenters. The Balaban J connectivity index is 2.74. The smallest absolute Gasteiger partial charge is 0.328 e. The lowest BCUT2D eigenvalue weighted by Gasteiger charge is -2.19. The minimum absolute atomic E-state index is 0.213. The van der Waals surface area contributed by atoms with E-state index in [1.165, 1.54) is 0 Å². The fourth-order valence-electron chi connectivity index (χ4n) is 1.79. The third-order valence-electron chi connectivity index (χ3n) is 2.76. The van der Waals surface area contributed by atoms with Gasteiger partial charge in [-0.3, -0.25) is 0 Å². The summed E-state index contributed by atoms with van der Waals surface area (Å²) in [4.78, 5) is 12.0. The number of nitrogens with one attached hydrogen (secondary N) is 1. The van der Waals surface area contributed by atoms with Gasteiger partial charge in [0.1, 0.15) is 11.8 Å². The highest BCUT2D eigenvalue weighted by molar-refractivity contribution is 7.99. The molecule has 20 heavy (non-hydrogen) atoms. The molecule has 0 spiro atoms. The van der Waals surface area contributed by atoms with Crippen molar-refractivity contribution in [2.24, 2.45) is 0 Å². The Kier molecular flexibility index (Phi) is 7.95. The number of rotatable bonds is 9. The molecule has 112 valence electrons. The average molecular weight is 297 g/mol. The summed E-state index contributed by atoms with van der Waals surface area (Å²) in [5, 5.41) is 3.23. The van der Waals surface area contributed by atoms with Crippen molar-refractivity contribution in [1.82, 2.24) is 0 Å². The summed E-state index contributed by atoms with van der Waals surface area (Å²) in [5.74, 6) is 2.48. The first-order valence-electron chi connectivity index (χ1n) is 6.86. The molecule has 1 aromatic rings. The van der Waals surface area contributed by atoms with Crippen LogP contribution in [0.4, 0.5) is 5.69 Å². The van der Waals surface area contributed by atoms with Crippen molar-refractivity contribution in [3.05, 3.63) is 24.3 Å². The molecule has 0 aliphatic carbocycles. The zero-order valence-electron chi connectivity index (χ0n) is 12.3. The van der Waals surface area contributed by atoms with Crippen molar-refractivity contribution in [2.45, 2.75) is 26.3 Å². The van der Waals surface area contributed by atoms with E-state index in [0.717, 1.165) is 29.4 Å². The monoisotopic (exact) mass is 297 g/mol. The van der Waals surface area contributed by atoms with Gasteiger partial charge in [0.15, 0.2) is 0 Å². The molecule has 4 nitrogen and oxygen atoms in total. The van der Waals surface area contributed by atoms with Crippen molar-refractivity contribution < 1.29 is 14.3 Å². The number of carbonyl (C=O) groups excluding carboxylic acids is 1. The van der Waals surface area contributed by atoms with Gasteiger partial charge in [0, 0.05) is 0 Å². The molecule has 0 saturated carbocycles. The quantitative estimate of drug-likeness (QED) is 0.560. The van der Waals surface area contributed by atoms with Gasteiger partial charge in [-0.05, 0) is 37.0 Å². The van der Waals surface area contributed by atoms with Gasteiger partial charge in [-0.25, -0.2) is 4.79 Å². The minimum Gasteiger partial charge on any atom is -0.495 e. The van der Waals surface area contributed by atoms with Crippen LogP contribution < -0.4 is 10.1 Å². The maximum Gasteiger partial charge on any atom is 0.328 e. The van der Waals surface area contributed by atoms with Crippen LogP contribution in [0.25, 0.3) is 0 Å². The van der Waals surface area contributed by atoms with Crippen molar-refractivity contribution in [3.63, 3.8) is 0 Å². The van der Waals surface area contributed by atoms with E-state index in [-0.39, 0.29) is 12.0 Å². The average Bonchev–Trinajstić information content (AvgIpc) is 2.47. The summed E-state index contributed by atoms with van der Waals surface area (Å²) in [5.41, 5.74) is 0.814. The summed E-state index contributed by atoms with van der Waals surface area (Å²) in [7, 11) is 1.62. The van der Waals surface area contributed by atoms with E-state index in [1.807, 2.05) is 43.0 Å². The first-order chi connectivity index (χ1) is 9.72. The second-order valence-electron chi connectivity index (χ2n) is 4.13. The Labute approximate surface area is 125 Å². The van der Waals surface area contributed by atoms with E-state index in [0.29, 0.717) is 6.61 Å². The van der Waals surface area contributed by atoms with Crippen molar-refractivity contribution in [2.75, 3.05) is 30.5 Å². The van der Waals surface area contributed by atoms with Gasteiger partial charge in [0.2, 0.25) is 0 Å². The lowest BCUT2D eigenvalue weighted by atomic mass is 10.2. The molecule has 0 aliphatic rings. The van der Waals surface area contributed by atoms with Gasteiger partial charge in [-0.1, -0.05) is 19.1 Å². The molecular formula is C15H23NO3S. The van der Waals surface area contributed by atoms with E-state index < -0.39 is 0 Å². The molecule has 0 aliphatic heterocycles. The Morgan fingerprint density at radius 1 is 1.35 bits per heavy atom. The number of anilines is 1. The molecule has 0 saturated heterocycles. The van der Waals surface area contributed by atoms with Crippen LogP contribution in [0, 0.1) is 0 Å². The van der Waals surface area contributed by atoms with Crippen LogP contribution in [0.15, 0.2) is 24.3 Å². The van der Waals surface area contributed by atoms with Gasteiger partial charge in [0.25, 0.3) is 0 Å². The normalized spacial score (nSPS) is 11.8. The first kappa shape index (κ1) is 16.7. The summed E-state index contributed by atoms with van der Waals surface area (Å²) in [6.45, 7) is 4.32. The van der Waals surface area contributed by atoms with Gasteiger partial charge in [0.05, 0.1) is 19.4 Å². The Bertz CT molecular complexity index is 412. The number of benzene rings is 1. The molecule has 0 radical (unpaired) electrons.